The Labute approximate surface area is 223 Å². The number of carbonyl (C=O) groups excluding carboxylic acids is 2. The van der Waals surface area contributed by atoms with E-state index in [0.717, 1.165) is 18.9 Å². The van der Waals surface area contributed by atoms with Crippen molar-refractivity contribution in [2.24, 2.45) is 5.92 Å². The van der Waals surface area contributed by atoms with Crippen LogP contribution in [0.4, 0.5) is 17.6 Å². The highest BCUT2D eigenvalue weighted by atomic mass is 32.2. The zero-order valence-corrected chi connectivity index (χ0v) is 22.1. The number of alkyl halides is 3. The number of rotatable bonds is 8. The second-order valence-electron chi connectivity index (χ2n) is 10.6. The van der Waals surface area contributed by atoms with Gasteiger partial charge in [-0.25, -0.2) is 12.8 Å². The highest BCUT2D eigenvalue weighted by Gasteiger charge is 2.44. The minimum absolute atomic E-state index is 0.0257. The lowest BCUT2D eigenvalue weighted by atomic mass is 9.99. The number of pyridine rings is 1. The summed E-state index contributed by atoms with van der Waals surface area (Å²) >= 11 is 0. The molecule has 2 heterocycles. The second kappa shape index (κ2) is 10.2. The first-order valence-corrected chi connectivity index (χ1v) is 14.6. The maximum Gasteiger partial charge on any atom is 0.419 e. The van der Waals surface area contributed by atoms with Gasteiger partial charge in [0.15, 0.2) is 9.84 Å². The van der Waals surface area contributed by atoms with Gasteiger partial charge in [0.05, 0.1) is 27.3 Å². The van der Waals surface area contributed by atoms with Crippen molar-refractivity contribution < 1.29 is 35.6 Å². The minimum atomic E-state index is -4.83. The van der Waals surface area contributed by atoms with Crippen molar-refractivity contribution in [1.29, 1.82) is 0 Å². The van der Waals surface area contributed by atoms with E-state index in [2.05, 4.69) is 10.3 Å². The molecule has 1 aromatic carbocycles. The first-order valence-electron chi connectivity index (χ1n) is 13.1. The van der Waals surface area contributed by atoms with E-state index < -0.39 is 56.5 Å². The molecule has 210 valence electrons. The van der Waals surface area contributed by atoms with Gasteiger partial charge in [-0.2, -0.15) is 13.2 Å². The fourth-order valence-electron chi connectivity index (χ4n) is 5.37. The zero-order valence-electron chi connectivity index (χ0n) is 21.2. The molecular weight excluding hydrogens is 538 g/mol. The summed E-state index contributed by atoms with van der Waals surface area (Å²) in [5, 5.41) is 2.41. The Bertz CT molecular complexity index is 1390. The molecule has 2 aliphatic carbocycles. The van der Waals surface area contributed by atoms with Gasteiger partial charge in [-0.05, 0) is 74.6 Å². The molecule has 1 aliphatic heterocycles. The summed E-state index contributed by atoms with van der Waals surface area (Å²) in [5.74, 6) is -2.45. The van der Waals surface area contributed by atoms with Gasteiger partial charge in [0.1, 0.15) is 11.9 Å². The van der Waals surface area contributed by atoms with E-state index in [0.29, 0.717) is 38.2 Å². The van der Waals surface area contributed by atoms with Gasteiger partial charge in [0.25, 0.3) is 5.91 Å². The second-order valence-corrected chi connectivity index (χ2v) is 12.8. The fourth-order valence-corrected chi connectivity index (χ4v) is 7.01. The molecule has 2 amide bonds. The molecule has 3 aliphatic rings. The van der Waals surface area contributed by atoms with E-state index in [9.17, 15) is 35.6 Å². The number of aromatic nitrogens is 1. The number of hydrogen-bond acceptors (Lipinski definition) is 5. The van der Waals surface area contributed by atoms with E-state index in [1.807, 2.05) is 6.92 Å². The molecule has 5 rings (SSSR count). The number of halogens is 4. The van der Waals surface area contributed by atoms with Crippen LogP contribution < -0.4 is 5.32 Å². The van der Waals surface area contributed by atoms with Crippen molar-refractivity contribution in [1.82, 2.24) is 15.2 Å². The van der Waals surface area contributed by atoms with Gasteiger partial charge in [-0.1, -0.05) is 13.0 Å². The summed E-state index contributed by atoms with van der Waals surface area (Å²) in [5.41, 5.74) is -1.06. The van der Waals surface area contributed by atoms with Gasteiger partial charge in [-0.15, -0.1) is 0 Å². The third kappa shape index (κ3) is 5.53. The van der Waals surface area contributed by atoms with Crippen molar-refractivity contribution in [2.75, 3.05) is 0 Å². The van der Waals surface area contributed by atoms with E-state index >= 15 is 0 Å². The number of nitrogens with zero attached hydrogens (tertiary/aromatic N) is 2. The van der Waals surface area contributed by atoms with Crippen LogP contribution in [0.15, 0.2) is 41.6 Å². The van der Waals surface area contributed by atoms with E-state index in [1.54, 1.807) is 0 Å². The monoisotopic (exact) mass is 567 g/mol. The Kier molecular flexibility index (Phi) is 7.19. The Morgan fingerprint density at radius 1 is 1.08 bits per heavy atom. The highest BCUT2D eigenvalue weighted by molar-refractivity contribution is 7.92. The SMILES string of the molecule is CC[C@@H]1CC[C@H](C(=O)NC(c2ccc(C(F)(F)F)c(F)c2)C2CC2)N1C(=O)c1cncc(S(=O)(=O)C2CC2)c1. The van der Waals surface area contributed by atoms with Crippen LogP contribution >= 0.6 is 0 Å². The van der Waals surface area contributed by atoms with Crippen LogP contribution in [0.25, 0.3) is 0 Å². The fraction of sp³-hybridized carbons (Fsp3) is 0.519. The number of carbonyl (C=O) groups is 2. The van der Waals surface area contributed by atoms with Crippen LogP contribution in [0.1, 0.15) is 79.4 Å². The quantitative estimate of drug-likeness (QED) is 0.461. The van der Waals surface area contributed by atoms with Crippen molar-refractivity contribution in [2.45, 2.75) is 86.3 Å². The molecule has 39 heavy (non-hydrogen) atoms. The van der Waals surface area contributed by atoms with E-state index in [1.165, 1.54) is 29.4 Å². The minimum Gasteiger partial charge on any atom is -0.347 e. The first kappa shape index (κ1) is 27.5. The third-order valence-corrected chi connectivity index (χ3v) is 10.0. The molecule has 1 aromatic heterocycles. The molecule has 0 bridgehead atoms. The van der Waals surface area contributed by atoms with Crippen LogP contribution in [-0.2, 0) is 20.8 Å². The van der Waals surface area contributed by atoms with Crippen molar-refractivity contribution in [3.05, 3.63) is 59.2 Å². The summed E-state index contributed by atoms with van der Waals surface area (Å²) in [7, 11) is -3.57. The molecule has 0 spiro atoms. The Morgan fingerprint density at radius 3 is 2.38 bits per heavy atom. The predicted octanol–water partition coefficient (Wildman–Crippen LogP) is 4.83. The average molecular weight is 568 g/mol. The Morgan fingerprint density at radius 2 is 1.79 bits per heavy atom. The van der Waals surface area contributed by atoms with Gasteiger partial charge in [0, 0.05) is 18.4 Å². The molecule has 2 aromatic rings. The van der Waals surface area contributed by atoms with Gasteiger partial charge in [0.2, 0.25) is 5.91 Å². The van der Waals surface area contributed by atoms with Gasteiger partial charge >= 0.3 is 6.18 Å². The Balaban J connectivity index is 1.38. The number of likely N-dealkylation sites (tertiary alicyclic amines) is 1. The number of nitrogens with one attached hydrogen (secondary N) is 1. The van der Waals surface area contributed by atoms with Crippen molar-refractivity contribution in [3.63, 3.8) is 0 Å². The maximum absolute atomic E-state index is 14.3. The average Bonchev–Trinajstić information content (AvgIpc) is 3.82. The molecular formula is C27H29F4N3O4S. The molecule has 3 fully saturated rings. The van der Waals surface area contributed by atoms with Crippen LogP contribution in [0.2, 0.25) is 0 Å². The lowest BCUT2D eigenvalue weighted by Gasteiger charge is -2.31. The van der Waals surface area contributed by atoms with Crippen LogP contribution in [0, 0.1) is 11.7 Å². The number of amides is 2. The molecule has 12 heteroatoms. The zero-order chi connectivity index (χ0) is 28.1. The molecule has 0 radical (unpaired) electrons. The first-order chi connectivity index (χ1) is 18.4. The molecule has 1 N–H and O–H groups in total. The van der Waals surface area contributed by atoms with Gasteiger partial charge < -0.3 is 10.2 Å². The Hall–Kier alpha value is -3.02. The topological polar surface area (TPSA) is 96.4 Å². The summed E-state index contributed by atoms with van der Waals surface area (Å²) in [6.45, 7) is 1.88. The number of benzene rings is 1. The largest absolute Gasteiger partial charge is 0.419 e. The molecule has 3 atom stereocenters. The maximum atomic E-state index is 14.3. The molecule has 1 saturated heterocycles. The van der Waals surface area contributed by atoms with Crippen molar-refractivity contribution in [3.8, 4) is 0 Å². The number of sulfone groups is 1. The molecule has 1 unspecified atom stereocenters. The predicted molar refractivity (Wildman–Crippen MR) is 133 cm³/mol. The van der Waals surface area contributed by atoms with Gasteiger partial charge in [-0.3, -0.25) is 14.6 Å². The standard InChI is InChI=1S/C27H29F4N3O4S/c1-2-18-6-10-23(34(18)26(36)17-11-20(14-32-13-17)39(37,38)19-7-8-19)25(35)33-24(15-3-4-15)16-5-9-21(22(28)12-16)27(29,30)31/h5,9,11-15,18-19,23-24H,2-4,6-8,10H2,1H3,(H,33,35)/t18-,23-,24?/m1/s1. The normalized spacial score (nSPS) is 22.5. The van der Waals surface area contributed by atoms with Crippen LogP contribution in [0.5, 0.6) is 0 Å². The highest BCUT2D eigenvalue weighted by Crippen LogP contribution is 2.43. The smallest absolute Gasteiger partial charge is 0.347 e. The summed E-state index contributed by atoms with van der Waals surface area (Å²) in [4.78, 5) is 32.6. The van der Waals surface area contributed by atoms with Crippen LogP contribution in [-0.4, -0.2) is 47.4 Å². The van der Waals surface area contributed by atoms with Crippen LogP contribution in [0.3, 0.4) is 0 Å². The number of hydrogen-bond donors (Lipinski definition) is 1. The summed E-state index contributed by atoms with van der Waals surface area (Å²) in [6.07, 6.45) is 1.75. The third-order valence-electron chi connectivity index (χ3n) is 7.81. The lowest BCUT2D eigenvalue weighted by Crippen LogP contribution is -2.49. The summed E-state index contributed by atoms with van der Waals surface area (Å²) in [6, 6.07) is 2.16. The van der Waals surface area contributed by atoms with E-state index in [-0.39, 0.29) is 28.0 Å². The van der Waals surface area contributed by atoms with E-state index in [4.69, 9.17) is 0 Å². The van der Waals surface area contributed by atoms with Crippen molar-refractivity contribution >= 4 is 21.7 Å². The molecule has 7 nitrogen and oxygen atoms in total. The molecule has 2 saturated carbocycles. The summed E-state index contributed by atoms with van der Waals surface area (Å²) < 4.78 is 78.8. The lowest BCUT2D eigenvalue weighted by molar-refractivity contribution is -0.140.